The Morgan fingerprint density at radius 2 is 1.95 bits per heavy atom. The molecular weight excluding hydrogens is 349 g/mol. The van der Waals surface area contributed by atoms with Gasteiger partial charge in [0.05, 0.1) is 12.2 Å². The first kappa shape index (κ1) is 14.5. The number of hydrogen-bond acceptors (Lipinski definition) is 2. The fourth-order valence-electron chi connectivity index (χ4n) is 2.07. The molecule has 0 saturated carbocycles. The second-order valence-electron chi connectivity index (χ2n) is 4.57. The van der Waals surface area contributed by atoms with Gasteiger partial charge in [-0.25, -0.2) is 0 Å². The highest BCUT2D eigenvalue weighted by atomic mass is 127. The fraction of sp³-hybridized carbons (Fsp3) is 0.400. The van der Waals surface area contributed by atoms with Crippen LogP contribution in [0, 0.1) is 3.57 Å². The molecule has 0 bridgehead atoms. The van der Waals surface area contributed by atoms with Gasteiger partial charge >= 0.3 is 0 Å². The summed E-state index contributed by atoms with van der Waals surface area (Å²) in [7, 11) is 0. The van der Waals surface area contributed by atoms with E-state index >= 15 is 0 Å². The molecule has 1 N–H and O–H groups in total. The lowest BCUT2D eigenvalue weighted by Crippen LogP contribution is -2.22. The summed E-state index contributed by atoms with van der Waals surface area (Å²) in [4.78, 5) is 0. The van der Waals surface area contributed by atoms with Gasteiger partial charge in [0.2, 0.25) is 0 Å². The maximum absolute atomic E-state index is 4.38. The number of benzene rings is 1. The summed E-state index contributed by atoms with van der Waals surface area (Å²) in [6.45, 7) is 6.21. The van der Waals surface area contributed by atoms with Crippen LogP contribution in [-0.2, 0) is 6.54 Å². The zero-order valence-corrected chi connectivity index (χ0v) is 13.6. The summed E-state index contributed by atoms with van der Waals surface area (Å²) >= 11 is 2.34. The number of nitrogens with one attached hydrogen (secondary N) is 1. The molecule has 0 saturated heterocycles. The van der Waals surface area contributed by atoms with Gasteiger partial charge in [0.15, 0.2) is 0 Å². The van der Waals surface area contributed by atoms with Crippen LogP contribution in [-0.4, -0.2) is 16.3 Å². The molecule has 0 aliphatic heterocycles. The van der Waals surface area contributed by atoms with Crippen LogP contribution in [0.2, 0.25) is 0 Å². The summed E-state index contributed by atoms with van der Waals surface area (Å²) < 4.78 is 3.24. The quantitative estimate of drug-likeness (QED) is 0.789. The van der Waals surface area contributed by atoms with Crippen molar-refractivity contribution < 1.29 is 0 Å². The predicted octanol–water partition coefficient (Wildman–Crippen LogP) is 3.60. The van der Waals surface area contributed by atoms with E-state index in [0.717, 1.165) is 19.5 Å². The summed E-state index contributed by atoms with van der Waals surface area (Å²) in [5.74, 6) is 0. The molecule has 3 nitrogen and oxygen atoms in total. The van der Waals surface area contributed by atoms with E-state index in [-0.39, 0.29) is 6.04 Å². The van der Waals surface area contributed by atoms with E-state index in [0.29, 0.717) is 0 Å². The number of hydrogen-bond donors (Lipinski definition) is 1. The van der Waals surface area contributed by atoms with Crippen LogP contribution < -0.4 is 5.32 Å². The molecule has 0 aliphatic rings. The normalized spacial score (nSPS) is 12.6. The van der Waals surface area contributed by atoms with Crippen molar-refractivity contribution in [2.45, 2.75) is 32.9 Å². The molecule has 0 spiro atoms. The second-order valence-corrected chi connectivity index (χ2v) is 5.81. The van der Waals surface area contributed by atoms with Crippen molar-refractivity contribution in [3.05, 3.63) is 51.4 Å². The van der Waals surface area contributed by atoms with Crippen molar-refractivity contribution >= 4 is 22.6 Å². The van der Waals surface area contributed by atoms with E-state index in [9.17, 15) is 0 Å². The number of aromatic nitrogens is 2. The van der Waals surface area contributed by atoms with Crippen molar-refractivity contribution in [2.24, 2.45) is 0 Å². The monoisotopic (exact) mass is 369 g/mol. The van der Waals surface area contributed by atoms with Gasteiger partial charge in [0.25, 0.3) is 0 Å². The second kappa shape index (κ2) is 7.05. The molecule has 4 heteroatoms. The molecule has 1 heterocycles. The smallest absolute Gasteiger partial charge is 0.0607 e. The van der Waals surface area contributed by atoms with Gasteiger partial charge in [0.1, 0.15) is 0 Å². The van der Waals surface area contributed by atoms with Crippen LogP contribution in [0.4, 0.5) is 0 Å². The minimum Gasteiger partial charge on any atom is -0.306 e. The first-order valence-corrected chi connectivity index (χ1v) is 7.83. The Labute approximate surface area is 128 Å². The Morgan fingerprint density at radius 3 is 2.53 bits per heavy atom. The van der Waals surface area contributed by atoms with Crippen LogP contribution in [0.15, 0.2) is 36.7 Å². The molecule has 19 heavy (non-hydrogen) atoms. The number of aryl methyl sites for hydroxylation is 1. The SMILES string of the molecule is CCCNC(c1ccc(I)cc1)c1cnn(CC)c1. The lowest BCUT2D eigenvalue weighted by Gasteiger charge is -2.17. The van der Waals surface area contributed by atoms with E-state index in [4.69, 9.17) is 0 Å². The minimum atomic E-state index is 0.234. The first-order valence-electron chi connectivity index (χ1n) is 6.75. The van der Waals surface area contributed by atoms with E-state index in [1.165, 1.54) is 14.7 Å². The van der Waals surface area contributed by atoms with Crippen molar-refractivity contribution in [3.8, 4) is 0 Å². The molecule has 0 radical (unpaired) electrons. The molecule has 1 aromatic heterocycles. The van der Waals surface area contributed by atoms with Gasteiger partial charge in [-0.2, -0.15) is 5.10 Å². The van der Waals surface area contributed by atoms with Crippen molar-refractivity contribution in [2.75, 3.05) is 6.54 Å². The number of nitrogens with zero attached hydrogens (tertiary/aromatic N) is 2. The fourth-order valence-corrected chi connectivity index (χ4v) is 2.43. The topological polar surface area (TPSA) is 29.9 Å². The number of rotatable bonds is 6. The molecule has 2 rings (SSSR count). The maximum atomic E-state index is 4.38. The molecule has 1 unspecified atom stereocenters. The minimum absolute atomic E-state index is 0.234. The molecule has 0 amide bonds. The van der Waals surface area contributed by atoms with Crippen LogP contribution in [0.5, 0.6) is 0 Å². The van der Waals surface area contributed by atoms with Gasteiger partial charge in [-0.1, -0.05) is 19.1 Å². The van der Waals surface area contributed by atoms with Crippen molar-refractivity contribution in [3.63, 3.8) is 0 Å². The molecule has 102 valence electrons. The average molecular weight is 369 g/mol. The average Bonchev–Trinajstić information content (AvgIpc) is 2.90. The third kappa shape index (κ3) is 3.79. The molecule has 2 aromatic rings. The Bertz CT molecular complexity index is 504. The van der Waals surface area contributed by atoms with E-state index in [1.807, 2.05) is 10.9 Å². The van der Waals surface area contributed by atoms with E-state index in [2.05, 4.69) is 77.3 Å². The largest absolute Gasteiger partial charge is 0.306 e. The zero-order chi connectivity index (χ0) is 13.7. The Kier molecular flexibility index (Phi) is 5.39. The summed E-state index contributed by atoms with van der Waals surface area (Å²) in [5.41, 5.74) is 2.53. The lowest BCUT2D eigenvalue weighted by atomic mass is 10.0. The van der Waals surface area contributed by atoms with Crippen LogP contribution in [0.3, 0.4) is 0 Å². The first-order chi connectivity index (χ1) is 9.24. The third-order valence-corrected chi connectivity index (χ3v) is 3.83. The van der Waals surface area contributed by atoms with Crippen LogP contribution in [0.25, 0.3) is 0 Å². The molecule has 0 fully saturated rings. The molecule has 1 atom stereocenters. The highest BCUT2D eigenvalue weighted by Gasteiger charge is 2.14. The highest BCUT2D eigenvalue weighted by Crippen LogP contribution is 2.22. The van der Waals surface area contributed by atoms with Gasteiger partial charge in [-0.15, -0.1) is 0 Å². The standard InChI is InChI=1S/C15H20IN3/c1-3-9-17-15(12-5-7-14(16)8-6-12)13-10-18-19(4-2)11-13/h5-8,10-11,15,17H,3-4,9H2,1-2H3. The van der Waals surface area contributed by atoms with Gasteiger partial charge in [-0.3, -0.25) is 4.68 Å². The Hall–Kier alpha value is -0.880. The van der Waals surface area contributed by atoms with Crippen molar-refractivity contribution in [1.29, 1.82) is 0 Å². The van der Waals surface area contributed by atoms with Gasteiger partial charge in [0, 0.05) is 21.9 Å². The third-order valence-electron chi connectivity index (χ3n) is 3.11. The molecular formula is C15H20IN3. The van der Waals surface area contributed by atoms with Gasteiger partial charge < -0.3 is 5.32 Å². The van der Waals surface area contributed by atoms with Gasteiger partial charge in [-0.05, 0) is 60.2 Å². The van der Waals surface area contributed by atoms with Crippen molar-refractivity contribution in [1.82, 2.24) is 15.1 Å². The molecule has 1 aromatic carbocycles. The zero-order valence-electron chi connectivity index (χ0n) is 11.4. The summed E-state index contributed by atoms with van der Waals surface area (Å²) in [5, 5.41) is 7.98. The maximum Gasteiger partial charge on any atom is 0.0607 e. The lowest BCUT2D eigenvalue weighted by molar-refractivity contribution is 0.596. The molecule has 0 aliphatic carbocycles. The number of halogens is 1. The summed E-state index contributed by atoms with van der Waals surface area (Å²) in [6, 6.07) is 8.93. The van der Waals surface area contributed by atoms with Crippen LogP contribution >= 0.6 is 22.6 Å². The Morgan fingerprint density at radius 1 is 1.21 bits per heavy atom. The summed E-state index contributed by atoms with van der Waals surface area (Å²) in [6.07, 6.45) is 5.23. The van der Waals surface area contributed by atoms with Crippen LogP contribution in [0.1, 0.15) is 37.4 Å². The van der Waals surface area contributed by atoms with E-state index in [1.54, 1.807) is 0 Å². The van der Waals surface area contributed by atoms with E-state index < -0.39 is 0 Å². The predicted molar refractivity (Wildman–Crippen MR) is 87.2 cm³/mol. The highest BCUT2D eigenvalue weighted by molar-refractivity contribution is 14.1. The Balaban J connectivity index is 2.26.